The van der Waals surface area contributed by atoms with Gasteiger partial charge in [-0.15, -0.1) is 0 Å². The summed E-state index contributed by atoms with van der Waals surface area (Å²) in [6.07, 6.45) is -0.203. The molecule has 0 aliphatic carbocycles. The minimum absolute atomic E-state index is 0.203. The molecule has 1 aliphatic rings. The Morgan fingerprint density at radius 1 is 1.36 bits per heavy atom. The van der Waals surface area contributed by atoms with Crippen LogP contribution in [0.5, 0.6) is 5.75 Å². The molecule has 0 amide bonds. The second kappa shape index (κ2) is 2.53. The van der Waals surface area contributed by atoms with Gasteiger partial charge in [0.15, 0.2) is 5.75 Å². The van der Waals surface area contributed by atoms with E-state index in [1.54, 1.807) is 0 Å². The molecule has 0 saturated heterocycles. The Kier molecular flexibility index (Phi) is 1.52. The number of hydrogen-bond donors (Lipinski definition) is 0. The molecule has 1 aliphatic heterocycles. The lowest BCUT2D eigenvalue weighted by Gasteiger charge is -1.99. The van der Waals surface area contributed by atoms with Crippen molar-refractivity contribution < 1.29 is 9.78 Å². The molecule has 0 aromatic heterocycles. The Morgan fingerprint density at radius 2 is 2.18 bits per heavy atom. The van der Waals surface area contributed by atoms with Gasteiger partial charge in [-0.05, 0) is 6.07 Å². The standard InChI is InChI=1S/C8H8NO2/c9-5-8-6-3-1-2-4-7(6)10-11-8/h1-4,8-9H,5H2. The average molecular weight is 150 g/mol. The Labute approximate surface area is 64.7 Å². The van der Waals surface area contributed by atoms with E-state index in [-0.39, 0.29) is 12.6 Å². The zero-order valence-electron chi connectivity index (χ0n) is 5.91. The molecule has 1 N–H and O–H groups in total. The van der Waals surface area contributed by atoms with Crippen molar-refractivity contribution in [1.29, 1.82) is 0 Å². The molecule has 1 aromatic carbocycles. The summed E-state index contributed by atoms with van der Waals surface area (Å²) in [5.41, 5.74) is 8.10. The van der Waals surface area contributed by atoms with Gasteiger partial charge in [0.2, 0.25) is 0 Å². The van der Waals surface area contributed by atoms with Crippen molar-refractivity contribution in [1.82, 2.24) is 5.73 Å². The molecule has 1 heterocycles. The predicted molar refractivity (Wildman–Crippen MR) is 38.9 cm³/mol. The second-order valence-electron chi connectivity index (χ2n) is 2.41. The van der Waals surface area contributed by atoms with E-state index in [2.05, 4.69) is 0 Å². The van der Waals surface area contributed by atoms with Crippen molar-refractivity contribution >= 4 is 0 Å². The van der Waals surface area contributed by atoms with E-state index in [0.29, 0.717) is 0 Å². The third-order valence-electron chi connectivity index (χ3n) is 1.71. The molecule has 57 valence electrons. The van der Waals surface area contributed by atoms with Crippen LogP contribution in [0, 0.1) is 0 Å². The molecule has 2 rings (SSSR count). The van der Waals surface area contributed by atoms with E-state index in [1.165, 1.54) is 0 Å². The minimum atomic E-state index is -0.203. The molecule has 1 radical (unpaired) electrons. The van der Waals surface area contributed by atoms with Gasteiger partial charge in [-0.2, -0.15) is 4.89 Å². The lowest BCUT2D eigenvalue weighted by atomic mass is 10.1. The van der Waals surface area contributed by atoms with Gasteiger partial charge in [-0.3, -0.25) is 5.73 Å². The normalized spacial score (nSPS) is 21.0. The first kappa shape index (κ1) is 6.64. The highest BCUT2D eigenvalue weighted by molar-refractivity contribution is 5.36. The molecular formula is C8H8NO2. The van der Waals surface area contributed by atoms with Gasteiger partial charge in [0.1, 0.15) is 6.10 Å². The molecule has 11 heavy (non-hydrogen) atoms. The first-order valence-electron chi connectivity index (χ1n) is 3.48. The third-order valence-corrected chi connectivity index (χ3v) is 1.71. The summed E-state index contributed by atoms with van der Waals surface area (Å²) >= 11 is 0. The summed E-state index contributed by atoms with van der Waals surface area (Å²) in [4.78, 5) is 9.77. The van der Waals surface area contributed by atoms with Crippen molar-refractivity contribution in [3.05, 3.63) is 29.8 Å². The molecule has 0 fully saturated rings. The molecule has 0 bridgehead atoms. The van der Waals surface area contributed by atoms with Crippen LogP contribution in [0.25, 0.3) is 0 Å². The molecule has 3 nitrogen and oxygen atoms in total. The molecule has 1 unspecified atom stereocenters. The summed E-state index contributed by atoms with van der Waals surface area (Å²) in [6.45, 7) is 0.205. The molecule has 1 aromatic rings. The van der Waals surface area contributed by atoms with Crippen LogP contribution in [0.15, 0.2) is 24.3 Å². The zero-order chi connectivity index (χ0) is 7.68. The smallest absolute Gasteiger partial charge is 0.171 e. The predicted octanol–water partition coefficient (Wildman–Crippen LogP) is 1.33. The largest absolute Gasteiger partial charge is 0.336 e. The summed E-state index contributed by atoms with van der Waals surface area (Å²) in [6, 6.07) is 7.56. The van der Waals surface area contributed by atoms with Crippen molar-refractivity contribution in [2.75, 3.05) is 6.54 Å². The van der Waals surface area contributed by atoms with Crippen LogP contribution in [0.3, 0.4) is 0 Å². The summed E-state index contributed by atoms with van der Waals surface area (Å²) in [7, 11) is 0. The van der Waals surface area contributed by atoms with E-state index < -0.39 is 0 Å². The van der Waals surface area contributed by atoms with Crippen molar-refractivity contribution in [2.45, 2.75) is 6.10 Å². The van der Waals surface area contributed by atoms with E-state index in [4.69, 9.17) is 15.5 Å². The zero-order valence-corrected chi connectivity index (χ0v) is 5.91. The number of fused-ring (bicyclic) bond motifs is 1. The van der Waals surface area contributed by atoms with Gasteiger partial charge in [-0.1, -0.05) is 18.2 Å². The second-order valence-corrected chi connectivity index (χ2v) is 2.41. The summed E-state index contributed by atoms with van der Waals surface area (Å²) in [5, 5.41) is 0. The number of para-hydroxylation sites is 1. The number of benzene rings is 1. The highest BCUT2D eigenvalue weighted by Crippen LogP contribution is 2.33. The monoisotopic (exact) mass is 150 g/mol. The third kappa shape index (κ3) is 0.982. The van der Waals surface area contributed by atoms with Crippen LogP contribution in [0.4, 0.5) is 0 Å². The molecule has 3 heteroatoms. The van der Waals surface area contributed by atoms with E-state index in [9.17, 15) is 0 Å². The highest BCUT2D eigenvalue weighted by Gasteiger charge is 2.23. The maximum Gasteiger partial charge on any atom is 0.171 e. The van der Waals surface area contributed by atoms with Gasteiger partial charge < -0.3 is 4.89 Å². The quantitative estimate of drug-likeness (QED) is 0.567. The van der Waals surface area contributed by atoms with Crippen LogP contribution in [-0.2, 0) is 4.89 Å². The number of nitrogens with one attached hydrogen (secondary N) is 1. The fraction of sp³-hybridized carbons (Fsp3) is 0.250. The Morgan fingerprint density at radius 3 is 3.00 bits per heavy atom. The fourth-order valence-electron chi connectivity index (χ4n) is 1.13. The maximum absolute atomic E-state index is 7.13. The SMILES string of the molecule is [NH]CC1OOc2ccccc21. The molecule has 0 saturated carbocycles. The number of hydrogen-bond acceptors (Lipinski definition) is 2. The lowest BCUT2D eigenvalue weighted by molar-refractivity contribution is -0.221. The van der Waals surface area contributed by atoms with Gasteiger partial charge in [0.25, 0.3) is 0 Å². The molecular weight excluding hydrogens is 142 g/mol. The van der Waals surface area contributed by atoms with Crippen LogP contribution < -0.4 is 10.6 Å². The molecule has 1 atom stereocenters. The topological polar surface area (TPSA) is 42.3 Å². The lowest BCUT2D eigenvalue weighted by Crippen LogP contribution is -2.03. The van der Waals surface area contributed by atoms with Crippen LogP contribution in [0.1, 0.15) is 11.7 Å². The van der Waals surface area contributed by atoms with Gasteiger partial charge in [0, 0.05) is 12.1 Å². The first-order valence-corrected chi connectivity index (χ1v) is 3.48. The van der Waals surface area contributed by atoms with E-state index in [0.717, 1.165) is 11.3 Å². The van der Waals surface area contributed by atoms with Crippen LogP contribution in [0.2, 0.25) is 0 Å². The Bertz CT molecular complexity index is 262. The summed E-state index contributed by atoms with van der Waals surface area (Å²) in [5.74, 6) is 0.741. The highest BCUT2D eigenvalue weighted by atomic mass is 17.2. The number of rotatable bonds is 1. The Hall–Kier alpha value is -1.06. The van der Waals surface area contributed by atoms with Crippen LogP contribution in [-0.4, -0.2) is 6.54 Å². The fourth-order valence-corrected chi connectivity index (χ4v) is 1.13. The molecule has 0 spiro atoms. The van der Waals surface area contributed by atoms with Gasteiger partial charge in [0.05, 0.1) is 0 Å². The average Bonchev–Trinajstić information content (AvgIpc) is 2.47. The maximum atomic E-state index is 7.13. The van der Waals surface area contributed by atoms with Gasteiger partial charge >= 0.3 is 0 Å². The minimum Gasteiger partial charge on any atom is -0.336 e. The first-order chi connectivity index (χ1) is 5.42. The van der Waals surface area contributed by atoms with Crippen molar-refractivity contribution in [3.8, 4) is 5.75 Å². The van der Waals surface area contributed by atoms with Crippen LogP contribution >= 0.6 is 0 Å². The van der Waals surface area contributed by atoms with Crippen molar-refractivity contribution in [3.63, 3.8) is 0 Å². The van der Waals surface area contributed by atoms with Crippen molar-refractivity contribution in [2.24, 2.45) is 0 Å². The Balaban J connectivity index is 2.39. The van der Waals surface area contributed by atoms with E-state index >= 15 is 0 Å². The van der Waals surface area contributed by atoms with E-state index in [1.807, 2.05) is 24.3 Å². The summed E-state index contributed by atoms with van der Waals surface area (Å²) < 4.78 is 0. The van der Waals surface area contributed by atoms with Gasteiger partial charge in [-0.25, -0.2) is 0 Å².